The maximum atomic E-state index is 12.0. The van der Waals surface area contributed by atoms with Crippen LogP contribution in [-0.4, -0.2) is 68.2 Å². The summed E-state index contributed by atoms with van der Waals surface area (Å²) >= 11 is 0. The van der Waals surface area contributed by atoms with Gasteiger partial charge in [-0.2, -0.15) is 0 Å². The lowest BCUT2D eigenvalue weighted by Gasteiger charge is -2.19. The minimum absolute atomic E-state index is 0.253. The first kappa shape index (κ1) is 29.4. The van der Waals surface area contributed by atoms with Crippen LogP contribution in [0.4, 0.5) is 4.79 Å². The first-order valence-corrected chi connectivity index (χ1v) is 11.1. The van der Waals surface area contributed by atoms with E-state index >= 15 is 0 Å². The van der Waals surface area contributed by atoms with Crippen LogP contribution >= 0.6 is 0 Å². The van der Waals surface area contributed by atoms with E-state index in [9.17, 15) is 24.0 Å². The molecule has 1 rings (SSSR count). The number of unbranched alkanes of at least 4 members (excludes halogenated alkanes) is 1. The number of rotatable bonds is 13. The van der Waals surface area contributed by atoms with E-state index in [-0.39, 0.29) is 13.1 Å². The lowest BCUT2D eigenvalue weighted by Crippen LogP contribution is -2.43. The number of alkyl carbamates (subject to hydrolysis) is 1. The van der Waals surface area contributed by atoms with Gasteiger partial charge in [-0.15, -0.1) is 5.48 Å². The summed E-state index contributed by atoms with van der Waals surface area (Å²) < 4.78 is 9.73. The topological polar surface area (TPSA) is 161 Å². The average Bonchev–Trinajstić information content (AvgIpc) is 2.81. The molecule has 0 aliphatic heterocycles. The van der Waals surface area contributed by atoms with Crippen molar-refractivity contribution in [1.29, 1.82) is 0 Å². The monoisotopic (exact) mass is 494 g/mol. The highest BCUT2D eigenvalue weighted by Gasteiger charge is 2.21. The van der Waals surface area contributed by atoms with E-state index in [2.05, 4.69) is 21.4 Å². The Morgan fingerprint density at radius 1 is 0.886 bits per heavy atom. The molecule has 0 saturated carbocycles. The first-order chi connectivity index (χ1) is 16.5. The van der Waals surface area contributed by atoms with Gasteiger partial charge in [0.15, 0.2) is 0 Å². The Hall–Kier alpha value is -3.67. The number of carbonyl (C=O) groups is 5. The first-order valence-electron chi connectivity index (χ1n) is 11.1. The summed E-state index contributed by atoms with van der Waals surface area (Å²) in [6.45, 7) is 4.83. The standard InChI is InChI=1S/C23H34N4O8/c1-23(2,3)34-22(32)26-15-19(29)25-14-18(28)24-13-9-8-12-17(21(31)33-4)27-35-20(30)16-10-6-5-7-11-16/h5-7,10-11,17,27H,8-9,12-15H2,1-4H3,(H,24,28)(H,25,29)(H,26,32). The quantitative estimate of drug-likeness (QED) is 0.135. The number of hydrogen-bond donors (Lipinski definition) is 4. The summed E-state index contributed by atoms with van der Waals surface area (Å²) in [4.78, 5) is 64.0. The molecular weight excluding hydrogens is 460 g/mol. The van der Waals surface area contributed by atoms with Crippen LogP contribution in [0.3, 0.4) is 0 Å². The SMILES string of the molecule is COC(=O)C(CCCCNC(=O)CNC(=O)CNC(=O)OC(C)(C)C)NOC(=O)c1ccccc1. The minimum atomic E-state index is -0.861. The molecule has 1 atom stereocenters. The Kier molecular flexibility index (Phi) is 12.8. The van der Waals surface area contributed by atoms with Gasteiger partial charge in [-0.05, 0) is 52.2 Å². The van der Waals surface area contributed by atoms with E-state index in [1.165, 1.54) is 7.11 Å². The maximum absolute atomic E-state index is 12.0. The second-order valence-corrected chi connectivity index (χ2v) is 8.43. The van der Waals surface area contributed by atoms with Crippen molar-refractivity contribution in [2.45, 2.75) is 51.7 Å². The van der Waals surface area contributed by atoms with E-state index in [0.29, 0.717) is 31.4 Å². The highest BCUT2D eigenvalue weighted by Crippen LogP contribution is 2.06. The van der Waals surface area contributed by atoms with Crippen LogP contribution in [0.25, 0.3) is 0 Å². The zero-order chi connectivity index (χ0) is 26.3. The molecule has 3 amide bonds. The summed E-state index contributed by atoms with van der Waals surface area (Å²) in [5.41, 5.74) is 2.09. The average molecular weight is 495 g/mol. The largest absolute Gasteiger partial charge is 0.468 e. The van der Waals surface area contributed by atoms with Gasteiger partial charge in [-0.3, -0.25) is 14.4 Å². The molecule has 194 valence electrons. The van der Waals surface area contributed by atoms with E-state index in [4.69, 9.17) is 14.3 Å². The molecule has 0 saturated heterocycles. The molecule has 4 N–H and O–H groups in total. The Morgan fingerprint density at radius 3 is 2.14 bits per heavy atom. The lowest BCUT2D eigenvalue weighted by atomic mass is 10.1. The molecule has 1 aromatic carbocycles. The molecule has 35 heavy (non-hydrogen) atoms. The van der Waals surface area contributed by atoms with Gasteiger partial charge in [0.05, 0.1) is 19.2 Å². The van der Waals surface area contributed by atoms with Crippen molar-refractivity contribution in [3.63, 3.8) is 0 Å². The van der Waals surface area contributed by atoms with Gasteiger partial charge in [0, 0.05) is 6.54 Å². The number of esters is 1. The Bertz CT molecular complexity index is 855. The van der Waals surface area contributed by atoms with Crippen LogP contribution in [0.5, 0.6) is 0 Å². The van der Waals surface area contributed by atoms with Crippen molar-refractivity contribution in [1.82, 2.24) is 21.4 Å². The summed E-state index contributed by atoms with van der Waals surface area (Å²) in [6.07, 6.45) is 0.619. The molecule has 0 aliphatic carbocycles. The van der Waals surface area contributed by atoms with Crippen LogP contribution in [-0.2, 0) is 28.7 Å². The van der Waals surface area contributed by atoms with Crippen LogP contribution in [0, 0.1) is 0 Å². The number of carbonyl (C=O) groups excluding carboxylic acids is 5. The molecule has 0 spiro atoms. The summed E-state index contributed by atoms with van der Waals surface area (Å²) in [5, 5.41) is 7.31. The summed E-state index contributed by atoms with van der Waals surface area (Å²) in [7, 11) is 1.23. The second-order valence-electron chi connectivity index (χ2n) is 8.43. The highest BCUT2D eigenvalue weighted by molar-refractivity contribution is 5.89. The molecule has 12 nitrogen and oxygen atoms in total. The van der Waals surface area contributed by atoms with Gasteiger partial charge >= 0.3 is 18.0 Å². The summed E-state index contributed by atoms with van der Waals surface area (Å²) in [5.74, 6) is -2.16. The van der Waals surface area contributed by atoms with Crippen molar-refractivity contribution in [2.75, 3.05) is 26.7 Å². The van der Waals surface area contributed by atoms with Gasteiger partial charge in [0.2, 0.25) is 11.8 Å². The number of ether oxygens (including phenoxy) is 2. The van der Waals surface area contributed by atoms with Crippen molar-refractivity contribution in [3.05, 3.63) is 35.9 Å². The Labute approximate surface area is 204 Å². The third-order valence-electron chi connectivity index (χ3n) is 4.27. The Morgan fingerprint density at radius 2 is 1.51 bits per heavy atom. The maximum Gasteiger partial charge on any atom is 0.408 e. The molecule has 12 heteroatoms. The van der Waals surface area contributed by atoms with E-state index < -0.39 is 41.5 Å². The van der Waals surface area contributed by atoms with Gasteiger partial charge < -0.3 is 30.3 Å². The van der Waals surface area contributed by atoms with Crippen molar-refractivity contribution < 1.29 is 38.3 Å². The fourth-order valence-corrected chi connectivity index (χ4v) is 2.60. The molecule has 0 aromatic heterocycles. The normalized spacial score (nSPS) is 11.5. The van der Waals surface area contributed by atoms with Crippen LogP contribution in [0.1, 0.15) is 50.4 Å². The zero-order valence-electron chi connectivity index (χ0n) is 20.5. The number of methoxy groups -OCH3 is 1. The predicted octanol–water partition coefficient (Wildman–Crippen LogP) is 0.817. The van der Waals surface area contributed by atoms with Crippen LogP contribution in [0.15, 0.2) is 30.3 Å². The second kappa shape index (κ2) is 15.3. The fraction of sp³-hybridized carbons (Fsp3) is 0.522. The molecule has 1 aromatic rings. The number of benzene rings is 1. The molecule has 0 bridgehead atoms. The van der Waals surface area contributed by atoms with Crippen LogP contribution < -0.4 is 21.4 Å². The highest BCUT2D eigenvalue weighted by atomic mass is 16.7. The molecule has 0 fully saturated rings. The van der Waals surface area contributed by atoms with Gasteiger partial charge in [0.1, 0.15) is 18.2 Å². The third-order valence-corrected chi connectivity index (χ3v) is 4.27. The number of nitrogens with one attached hydrogen (secondary N) is 4. The van der Waals surface area contributed by atoms with Crippen LogP contribution in [0.2, 0.25) is 0 Å². The van der Waals surface area contributed by atoms with E-state index in [1.807, 2.05) is 0 Å². The smallest absolute Gasteiger partial charge is 0.408 e. The molecular formula is C23H34N4O8. The fourth-order valence-electron chi connectivity index (χ4n) is 2.60. The molecule has 0 aliphatic rings. The number of amides is 3. The van der Waals surface area contributed by atoms with Gasteiger partial charge in [-0.25, -0.2) is 9.59 Å². The van der Waals surface area contributed by atoms with Gasteiger partial charge in [0.25, 0.3) is 0 Å². The van der Waals surface area contributed by atoms with Crippen molar-refractivity contribution >= 4 is 29.8 Å². The lowest BCUT2D eigenvalue weighted by molar-refractivity contribution is -0.146. The molecule has 0 heterocycles. The number of hydroxylamine groups is 1. The molecule has 1 unspecified atom stereocenters. The summed E-state index contributed by atoms with van der Waals surface area (Å²) in [6, 6.07) is 7.45. The molecule has 0 radical (unpaired) electrons. The van der Waals surface area contributed by atoms with Crippen molar-refractivity contribution in [3.8, 4) is 0 Å². The van der Waals surface area contributed by atoms with Gasteiger partial charge in [-0.1, -0.05) is 18.2 Å². The zero-order valence-corrected chi connectivity index (χ0v) is 20.5. The minimum Gasteiger partial charge on any atom is -0.468 e. The Balaban J connectivity index is 2.23. The third kappa shape index (κ3) is 13.6. The van der Waals surface area contributed by atoms with E-state index in [0.717, 1.165) is 0 Å². The van der Waals surface area contributed by atoms with E-state index in [1.54, 1.807) is 51.1 Å². The number of hydrogen-bond acceptors (Lipinski definition) is 9. The van der Waals surface area contributed by atoms with Crippen molar-refractivity contribution in [2.24, 2.45) is 0 Å². The predicted molar refractivity (Wildman–Crippen MR) is 125 cm³/mol.